The van der Waals surface area contributed by atoms with Crippen LogP contribution in [0.2, 0.25) is 0 Å². The first kappa shape index (κ1) is 11.8. The van der Waals surface area contributed by atoms with Gasteiger partial charge in [-0.05, 0) is 32.9 Å². The topological polar surface area (TPSA) is 68.3 Å². The van der Waals surface area contributed by atoms with Gasteiger partial charge in [0.1, 0.15) is 5.76 Å². The third-order valence-electron chi connectivity index (χ3n) is 1.96. The van der Waals surface area contributed by atoms with E-state index in [1.165, 1.54) is 0 Å². The predicted octanol–water partition coefficient (Wildman–Crippen LogP) is 1.58. The zero-order chi connectivity index (χ0) is 11.5. The van der Waals surface area contributed by atoms with Crippen LogP contribution >= 0.6 is 0 Å². The second kappa shape index (κ2) is 4.49. The number of nitrogens with one attached hydrogen (secondary N) is 1. The van der Waals surface area contributed by atoms with Gasteiger partial charge in [-0.1, -0.05) is 0 Å². The third kappa shape index (κ3) is 4.16. The molecule has 1 atom stereocenters. The maximum absolute atomic E-state index is 11.5. The van der Waals surface area contributed by atoms with Crippen LogP contribution < -0.4 is 11.1 Å². The number of hydrogen-bond donors (Lipinski definition) is 2. The van der Waals surface area contributed by atoms with Crippen molar-refractivity contribution in [1.29, 1.82) is 0 Å². The molecule has 84 valence electrons. The summed E-state index contributed by atoms with van der Waals surface area (Å²) in [6, 6.07) is 3.51. The van der Waals surface area contributed by atoms with Gasteiger partial charge in [0.05, 0.1) is 12.3 Å². The Morgan fingerprint density at radius 1 is 1.67 bits per heavy atom. The van der Waals surface area contributed by atoms with Crippen molar-refractivity contribution in [2.24, 2.45) is 5.73 Å². The number of amides is 1. The molecule has 0 aromatic carbocycles. The monoisotopic (exact) mass is 210 g/mol. The lowest BCUT2D eigenvalue weighted by Crippen LogP contribution is -2.39. The second-order valence-corrected chi connectivity index (χ2v) is 4.47. The average molecular weight is 210 g/mol. The molecule has 0 saturated heterocycles. The summed E-state index contributed by atoms with van der Waals surface area (Å²) in [5.74, 6) is 0.685. The fourth-order valence-electron chi connectivity index (χ4n) is 1.32. The molecule has 1 aromatic rings. The summed E-state index contributed by atoms with van der Waals surface area (Å²) in [4.78, 5) is 11.5. The Morgan fingerprint density at radius 2 is 2.33 bits per heavy atom. The third-order valence-corrected chi connectivity index (χ3v) is 1.96. The summed E-state index contributed by atoms with van der Waals surface area (Å²) in [7, 11) is 0. The summed E-state index contributed by atoms with van der Waals surface area (Å²) < 4.78 is 5.18. The largest absolute Gasteiger partial charge is 0.467 e. The van der Waals surface area contributed by atoms with Gasteiger partial charge in [-0.3, -0.25) is 4.79 Å². The first-order valence-electron chi connectivity index (χ1n) is 5.00. The summed E-state index contributed by atoms with van der Waals surface area (Å²) in [5, 5.41) is 2.83. The molecular weight excluding hydrogens is 192 g/mol. The van der Waals surface area contributed by atoms with Crippen LogP contribution in [0.5, 0.6) is 0 Å². The minimum absolute atomic E-state index is 0.0635. The number of furan rings is 1. The normalized spacial score (nSPS) is 13.6. The van der Waals surface area contributed by atoms with Gasteiger partial charge in [-0.25, -0.2) is 0 Å². The van der Waals surface area contributed by atoms with E-state index in [0.29, 0.717) is 6.42 Å². The predicted molar refractivity (Wildman–Crippen MR) is 58.1 cm³/mol. The maximum atomic E-state index is 11.5. The molecule has 1 amide bonds. The molecule has 1 heterocycles. The van der Waals surface area contributed by atoms with Crippen LogP contribution in [0.1, 0.15) is 39.0 Å². The van der Waals surface area contributed by atoms with E-state index in [1.807, 2.05) is 26.8 Å². The summed E-state index contributed by atoms with van der Waals surface area (Å²) in [5.41, 5.74) is 5.27. The molecule has 0 saturated carbocycles. The highest BCUT2D eigenvalue weighted by Crippen LogP contribution is 2.13. The molecule has 0 spiro atoms. The van der Waals surface area contributed by atoms with Crippen molar-refractivity contribution in [1.82, 2.24) is 5.32 Å². The van der Waals surface area contributed by atoms with Gasteiger partial charge >= 0.3 is 0 Å². The molecule has 1 rings (SSSR count). The maximum Gasteiger partial charge on any atom is 0.222 e. The van der Waals surface area contributed by atoms with Crippen molar-refractivity contribution in [3.8, 4) is 0 Å². The van der Waals surface area contributed by atoms with E-state index in [1.54, 1.807) is 12.3 Å². The molecule has 0 bridgehead atoms. The van der Waals surface area contributed by atoms with Crippen molar-refractivity contribution in [2.75, 3.05) is 0 Å². The van der Waals surface area contributed by atoms with Gasteiger partial charge in [0.15, 0.2) is 0 Å². The lowest BCUT2D eigenvalue weighted by Gasteiger charge is -2.19. The van der Waals surface area contributed by atoms with Gasteiger partial charge in [-0.2, -0.15) is 0 Å². The van der Waals surface area contributed by atoms with Crippen LogP contribution in [0.25, 0.3) is 0 Å². The van der Waals surface area contributed by atoms with Crippen molar-refractivity contribution in [2.45, 2.75) is 38.8 Å². The van der Waals surface area contributed by atoms with Gasteiger partial charge in [0.2, 0.25) is 5.91 Å². The molecule has 3 N–H and O–H groups in total. The van der Waals surface area contributed by atoms with Crippen LogP contribution in [0.4, 0.5) is 0 Å². The van der Waals surface area contributed by atoms with Crippen LogP contribution in [0, 0.1) is 0 Å². The zero-order valence-electron chi connectivity index (χ0n) is 9.41. The summed E-state index contributed by atoms with van der Waals surface area (Å²) >= 11 is 0. The average Bonchev–Trinajstić information content (AvgIpc) is 2.50. The van der Waals surface area contributed by atoms with Crippen molar-refractivity contribution < 1.29 is 9.21 Å². The molecule has 0 aliphatic rings. The van der Waals surface area contributed by atoms with Crippen LogP contribution in [0.15, 0.2) is 22.8 Å². The van der Waals surface area contributed by atoms with E-state index in [2.05, 4.69) is 5.32 Å². The number of hydrogen-bond acceptors (Lipinski definition) is 3. The number of carbonyl (C=O) groups is 1. The number of carbonyl (C=O) groups excluding carboxylic acids is 1. The fourth-order valence-corrected chi connectivity index (χ4v) is 1.32. The standard InChI is InChI=1S/C11H18N2O2/c1-8(9-5-4-6-15-9)13-10(14)7-11(2,3)12/h4-6,8H,7,12H2,1-3H3,(H,13,14)/t8-/m0/s1. The van der Waals surface area contributed by atoms with Crippen molar-refractivity contribution in [3.05, 3.63) is 24.2 Å². The lowest BCUT2D eigenvalue weighted by atomic mass is 10.0. The van der Waals surface area contributed by atoms with Gasteiger partial charge in [0.25, 0.3) is 0 Å². The minimum Gasteiger partial charge on any atom is -0.467 e. The Hall–Kier alpha value is -1.29. The Bertz CT molecular complexity index is 312. The van der Waals surface area contributed by atoms with Gasteiger partial charge < -0.3 is 15.5 Å². The Labute approximate surface area is 89.8 Å². The molecular formula is C11H18N2O2. The Kier molecular flexibility index (Phi) is 3.52. The molecule has 4 heteroatoms. The van der Waals surface area contributed by atoms with Crippen molar-refractivity contribution >= 4 is 5.91 Å². The highest BCUT2D eigenvalue weighted by Gasteiger charge is 2.18. The van der Waals surface area contributed by atoms with E-state index in [0.717, 1.165) is 5.76 Å². The fraction of sp³-hybridized carbons (Fsp3) is 0.545. The second-order valence-electron chi connectivity index (χ2n) is 4.47. The van der Waals surface area contributed by atoms with Gasteiger partial charge in [0, 0.05) is 12.0 Å². The lowest BCUT2D eigenvalue weighted by molar-refractivity contribution is -0.122. The first-order valence-corrected chi connectivity index (χ1v) is 5.00. The summed E-state index contributed by atoms with van der Waals surface area (Å²) in [6.07, 6.45) is 1.89. The van der Waals surface area contributed by atoms with E-state index >= 15 is 0 Å². The SMILES string of the molecule is C[C@H](NC(=O)CC(C)(C)N)c1ccco1. The Morgan fingerprint density at radius 3 is 2.80 bits per heavy atom. The molecule has 0 radical (unpaired) electrons. The van der Waals surface area contributed by atoms with E-state index < -0.39 is 5.54 Å². The molecule has 0 aliphatic heterocycles. The smallest absolute Gasteiger partial charge is 0.222 e. The number of rotatable bonds is 4. The van der Waals surface area contributed by atoms with Crippen LogP contribution in [0.3, 0.4) is 0 Å². The molecule has 15 heavy (non-hydrogen) atoms. The molecule has 4 nitrogen and oxygen atoms in total. The van der Waals surface area contributed by atoms with Crippen LogP contribution in [-0.4, -0.2) is 11.4 Å². The summed E-state index contributed by atoms with van der Waals surface area (Å²) in [6.45, 7) is 5.52. The van der Waals surface area contributed by atoms with Crippen molar-refractivity contribution in [3.63, 3.8) is 0 Å². The minimum atomic E-state index is -0.479. The zero-order valence-corrected chi connectivity index (χ0v) is 9.41. The van der Waals surface area contributed by atoms with Crippen LogP contribution in [-0.2, 0) is 4.79 Å². The van der Waals surface area contributed by atoms with E-state index in [9.17, 15) is 4.79 Å². The molecule has 1 aromatic heterocycles. The highest BCUT2D eigenvalue weighted by molar-refractivity contribution is 5.77. The Balaban J connectivity index is 2.45. The quantitative estimate of drug-likeness (QED) is 0.792. The van der Waals surface area contributed by atoms with E-state index in [-0.39, 0.29) is 11.9 Å². The molecule has 0 unspecified atom stereocenters. The number of nitrogens with two attached hydrogens (primary N) is 1. The first-order chi connectivity index (χ1) is 6.88. The van der Waals surface area contributed by atoms with E-state index in [4.69, 9.17) is 10.2 Å². The van der Waals surface area contributed by atoms with Gasteiger partial charge in [-0.15, -0.1) is 0 Å². The molecule has 0 aliphatic carbocycles. The molecule has 0 fully saturated rings. The highest BCUT2D eigenvalue weighted by atomic mass is 16.3.